The molecule has 0 unspecified atom stereocenters. The van der Waals surface area contributed by atoms with Crippen LogP contribution in [0.5, 0.6) is 17.2 Å². The molecule has 1 aliphatic rings. The molecule has 1 saturated heterocycles. The molecule has 3 aromatic rings. The summed E-state index contributed by atoms with van der Waals surface area (Å²) in [7, 11) is 1.33. The first-order valence-corrected chi connectivity index (χ1v) is 11.9. The lowest BCUT2D eigenvalue weighted by atomic mass is 10.1. The highest BCUT2D eigenvalue weighted by Crippen LogP contribution is 2.41. The Kier molecular flexibility index (Phi) is 7.56. The molecule has 0 aromatic heterocycles. The molecule has 0 N–H and O–H groups in total. The molecule has 1 aliphatic heterocycles. The molecule has 15 heteroatoms. The van der Waals surface area contributed by atoms with Crippen molar-refractivity contribution in [3.63, 3.8) is 0 Å². The Bertz CT molecular complexity index is 1560. The number of carbonyl (C=O) groups is 1. The predicted octanol–water partition coefficient (Wildman–Crippen LogP) is 6.73. The van der Waals surface area contributed by atoms with E-state index >= 15 is 0 Å². The van der Waals surface area contributed by atoms with Gasteiger partial charge < -0.3 is 9.47 Å². The second-order valence-corrected chi connectivity index (χ2v) is 9.42. The quantitative estimate of drug-likeness (QED) is 0.130. The van der Waals surface area contributed by atoms with Crippen molar-refractivity contribution in [2.24, 2.45) is 0 Å². The van der Waals surface area contributed by atoms with Crippen LogP contribution in [-0.4, -0.2) is 27.2 Å². The van der Waals surface area contributed by atoms with Crippen LogP contribution in [0.2, 0.25) is 0 Å². The number of hydrogen-bond donors (Lipinski definition) is 0. The number of nitro groups is 2. The number of non-ortho nitro benzene ring substituents is 1. The number of thiocarbonyl (C=S) groups is 1. The molecule has 4 rings (SSSR count). The van der Waals surface area contributed by atoms with E-state index < -0.39 is 38.9 Å². The zero-order chi connectivity index (χ0) is 28.5. The summed E-state index contributed by atoms with van der Waals surface area (Å²) < 4.78 is 50.4. The van der Waals surface area contributed by atoms with Crippen molar-refractivity contribution in [3.05, 3.63) is 96.9 Å². The van der Waals surface area contributed by atoms with Crippen molar-refractivity contribution in [3.8, 4) is 17.2 Å². The van der Waals surface area contributed by atoms with Crippen molar-refractivity contribution in [2.75, 3.05) is 12.0 Å². The molecule has 1 heterocycles. The topological polar surface area (TPSA) is 125 Å². The molecule has 0 aliphatic carbocycles. The maximum atomic E-state index is 13.2. The van der Waals surface area contributed by atoms with E-state index in [0.29, 0.717) is 5.56 Å². The first-order valence-electron chi connectivity index (χ1n) is 10.6. The fourth-order valence-electron chi connectivity index (χ4n) is 3.49. The van der Waals surface area contributed by atoms with E-state index in [1.807, 2.05) is 0 Å². The van der Waals surface area contributed by atoms with E-state index in [0.717, 1.165) is 47.0 Å². The van der Waals surface area contributed by atoms with Crippen molar-refractivity contribution in [1.82, 2.24) is 0 Å². The predicted molar refractivity (Wildman–Crippen MR) is 140 cm³/mol. The van der Waals surface area contributed by atoms with Gasteiger partial charge in [0.25, 0.3) is 11.6 Å². The van der Waals surface area contributed by atoms with E-state index in [-0.39, 0.29) is 32.2 Å². The van der Waals surface area contributed by atoms with Crippen LogP contribution in [0.25, 0.3) is 6.08 Å². The average molecular weight is 578 g/mol. The third kappa shape index (κ3) is 5.83. The first kappa shape index (κ1) is 27.5. The third-order valence-electron chi connectivity index (χ3n) is 5.28. The fourth-order valence-corrected chi connectivity index (χ4v) is 4.79. The highest BCUT2D eigenvalue weighted by molar-refractivity contribution is 8.27. The molecule has 10 nitrogen and oxygen atoms in total. The maximum Gasteiger partial charge on any atom is 0.416 e. The molecule has 39 heavy (non-hydrogen) atoms. The maximum absolute atomic E-state index is 13.2. The first-order chi connectivity index (χ1) is 18.4. The zero-order valence-electron chi connectivity index (χ0n) is 19.5. The highest BCUT2D eigenvalue weighted by Gasteiger charge is 2.36. The smallest absolute Gasteiger partial charge is 0.416 e. The molecular formula is C24H14F3N3O7S2. The molecule has 0 radical (unpaired) electrons. The Balaban J connectivity index is 1.67. The number of thioether (sulfide) groups is 1. The largest absolute Gasteiger partial charge is 0.493 e. The number of amides is 1. The minimum Gasteiger partial charge on any atom is -0.493 e. The molecule has 0 atom stereocenters. The van der Waals surface area contributed by atoms with E-state index in [9.17, 15) is 38.2 Å². The molecule has 200 valence electrons. The minimum atomic E-state index is -4.61. The number of nitrogens with zero attached hydrogens (tertiary/aromatic N) is 3. The second kappa shape index (κ2) is 10.7. The molecule has 3 aromatic carbocycles. The second-order valence-electron chi connectivity index (χ2n) is 7.74. The van der Waals surface area contributed by atoms with Gasteiger partial charge >= 0.3 is 11.9 Å². The number of nitro benzene ring substituents is 2. The number of hydrogen-bond acceptors (Lipinski definition) is 9. The van der Waals surface area contributed by atoms with Crippen molar-refractivity contribution < 1.29 is 37.3 Å². The Morgan fingerprint density at radius 2 is 1.69 bits per heavy atom. The third-order valence-corrected chi connectivity index (χ3v) is 6.58. The number of carbonyl (C=O) groups excluding carboxylic acids is 1. The van der Waals surface area contributed by atoms with Crippen LogP contribution in [0, 0.1) is 20.2 Å². The number of rotatable bonds is 7. The van der Waals surface area contributed by atoms with Gasteiger partial charge in [0.2, 0.25) is 5.75 Å². The van der Waals surface area contributed by atoms with Gasteiger partial charge in [-0.25, -0.2) is 0 Å². The van der Waals surface area contributed by atoms with E-state index in [1.165, 1.54) is 37.5 Å². The van der Waals surface area contributed by atoms with Crippen LogP contribution in [0.1, 0.15) is 11.1 Å². The number of alkyl halides is 3. The molecular weight excluding hydrogens is 563 g/mol. The van der Waals surface area contributed by atoms with E-state index in [1.54, 1.807) is 6.07 Å². The van der Waals surface area contributed by atoms with Crippen molar-refractivity contribution in [1.29, 1.82) is 0 Å². The lowest BCUT2D eigenvalue weighted by Gasteiger charge is -2.16. The number of halogens is 3. The number of benzene rings is 3. The molecule has 0 spiro atoms. The number of methoxy groups -OCH3 is 1. The summed E-state index contributed by atoms with van der Waals surface area (Å²) in [5.74, 6) is -0.779. The number of ether oxygens (including phenoxy) is 2. The standard InChI is InChI=1S/C24H14F3N3O7S2/c1-36-19-7-5-13(9-20(19)37-18-8-6-16(29(32)33)12-17(18)30(34)35)10-21-22(31)28(23(38)39-21)15-4-2-3-14(11-15)24(25,26)27/h2-12H,1H3/b21-10-. The van der Waals surface area contributed by atoms with E-state index in [2.05, 4.69) is 0 Å². The molecule has 1 amide bonds. The molecule has 1 fully saturated rings. The summed E-state index contributed by atoms with van der Waals surface area (Å²) in [5, 5.41) is 22.5. The summed E-state index contributed by atoms with van der Waals surface area (Å²) in [5.41, 5.74) is -1.76. The van der Waals surface area contributed by atoms with Gasteiger partial charge in [-0.05, 0) is 48.0 Å². The number of anilines is 1. The van der Waals surface area contributed by atoms with Crippen LogP contribution in [0.3, 0.4) is 0 Å². The zero-order valence-corrected chi connectivity index (χ0v) is 21.1. The summed E-state index contributed by atoms with van der Waals surface area (Å²) in [6.07, 6.45) is -3.19. The highest BCUT2D eigenvalue weighted by atomic mass is 32.2. The van der Waals surface area contributed by atoms with Gasteiger partial charge in [0, 0.05) is 6.07 Å². The van der Waals surface area contributed by atoms with Crippen LogP contribution >= 0.6 is 24.0 Å². The van der Waals surface area contributed by atoms with Crippen LogP contribution < -0.4 is 14.4 Å². The molecule has 0 saturated carbocycles. The Hall–Kier alpha value is -4.50. The minimum absolute atomic E-state index is 0.00319. The van der Waals surface area contributed by atoms with Crippen molar-refractivity contribution in [2.45, 2.75) is 6.18 Å². The fraction of sp³-hybridized carbons (Fsp3) is 0.0833. The van der Waals surface area contributed by atoms with Gasteiger partial charge in [0.1, 0.15) is 0 Å². The van der Waals surface area contributed by atoms with Gasteiger partial charge in [0.05, 0.1) is 39.2 Å². The summed E-state index contributed by atoms with van der Waals surface area (Å²) in [6.45, 7) is 0. The van der Waals surface area contributed by atoms with Gasteiger partial charge in [-0.1, -0.05) is 36.1 Å². The van der Waals surface area contributed by atoms with Crippen LogP contribution in [-0.2, 0) is 11.0 Å². The summed E-state index contributed by atoms with van der Waals surface area (Å²) >= 11 is 6.12. The SMILES string of the molecule is COc1ccc(/C=C2\SC(=S)N(c3cccc(C(F)(F)F)c3)C2=O)cc1Oc1ccc([N+](=O)[O-])cc1[N+](=O)[O-]. The average Bonchev–Trinajstić information content (AvgIpc) is 3.16. The van der Waals surface area contributed by atoms with Gasteiger partial charge in [-0.15, -0.1) is 0 Å². The lowest BCUT2D eigenvalue weighted by molar-refractivity contribution is -0.394. The normalized spacial score (nSPS) is 14.6. The van der Waals surface area contributed by atoms with Crippen LogP contribution in [0.15, 0.2) is 65.6 Å². The van der Waals surface area contributed by atoms with Crippen LogP contribution in [0.4, 0.5) is 30.2 Å². The van der Waals surface area contributed by atoms with Gasteiger partial charge in [-0.3, -0.25) is 29.9 Å². The van der Waals surface area contributed by atoms with Gasteiger partial charge in [-0.2, -0.15) is 13.2 Å². The monoisotopic (exact) mass is 577 g/mol. The van der Waals surface area contributed by atoms with Crippen molar-refractivity contribution >= 4 is 57.3 Å². The summed E-state index contributed by atoms with van der Waals surface area (Å²) in [4.78, 5) is 35.0. The lowest BCUT2D eigenvalue weighted by Crippen LogP contribution is -2.27. The molecule has 0 bridgehead atoms. The summed E-state index contributed by atoms with van der Waals surface area (Å²) in [6, 6.07) is 11.5. The Morgan fingerprint density at radius 1 is 0.974 bits per heavy atom. The Labute approximate surface area is 226 Å². The Morgan fingerprint density at radius 3 is 2.33 bits per heavy atom. The van der Waals surface area contributed by atoms with E-state index in [4.69, 9.17) is 21.7 Å². The van der Waals surface area contributed by atoms with Gasteiger partial charge in [0.15, 0.2) is 15.8 Å².